The minimum Gasteiger partial charge on any atom is -0.372 e. The zero-order chi connectivity index (χ0) is 14.2. The van der Waals surface area contributed by atoms with Gasteiger partial charge in [-0.2, -0.15) is 0 Å². The average molecular weight is 264 g/mol. The second kappa shape index (κ2) is 3.78. The molecule has 3 fully saturated rings. The van der Waals surface area contributed by atoms with Crippen LogP contribution >= 0.6 is 0 Å². The highest BCUT2D eigenvalue weighted by Gasteiger charge is 2.64. The highest BCUT2D eigenvalue weighted by atomic mass is 16.5. The minimum absolute atomic E-state index is 0.107. The fourth-order valence-corrected chi connectivity index (χ4v) is 6.04. The Balaban J connectivity index is 1.99. The highest BCUT2D eigenvalue weighted by molar-refractivity contribution is 5.12. The van der Waals surface area contributed by atoms with Crippen LogP contribution in [-0.2, 0) is 4.74 Å². The summed E-state index contributed by atoms with van der Waals surface area (Å²) in [5.41, 5.74) is 0.990. The highest BCUT2D eigenvalue weighted by Crippen LogP contribution is 2.67. The van der Waals surface area contributed by atoms with E-state index in [0.29, 0.717) is 16.9 Å². The van der Waals surface area contributed by atoms with E-state index in [4.69, 9.17) is 4.74 Å². The van der Waals surface area contributed by atoms with Crippen LogP contribution in [0.1, 0.15) is 67.7 Å². The van der Waals surface area contributed by atoms with Crippen molar-refractivity contribution in [3.8, 4) is 0 Å². The molecule has 1 nitrogen and oxygen atoms in total. The maximum Gasteiger partial charge on any atom is 0.0647 e. The topological polar surface area (TPSA) is 9.23 Å². The van der Waals surface area contributed by atoms with Crippen LogP contribution in [0.15, 0.2) is 0 Å². The first-order chi connectivity index (χ1) is 8.57. The lowest BCUT2D eigenvalue weighted by atomic mass is 9.64. The Labute approximate surface area is 119 Å². The largest absolute Gasteiger partial charge is 0.372 e. The smallest absolute Gasteiger partial charge is 0.0647 e. The van der Waals surface area contributed by atoms with Crippen LogP contribution in [0.5, 0.6) is 0 Å². The number of rotatable bonds is 0. The lowest BCUT2D eigenvalue weighted by Gasteiger charge is -2.43. The Morgan fingerprint density at radius 2 is 1.53 bits per heavy atom. The van der Waals surface area contributed by atoms with Crippen molar-refractivity contribution in [1.82, 2.24) is 0 Å². The quantitative estimate of drug-likeness (QED) is 0.605. The van der Waals surface area contributed by atoms with Gasteiger partial charge in [-0.3, -0.25) is 0 Å². The van der Waals surface area contributed by atoms with Gasteiger partial charge < -0.3 is 4.74 Å². The standard InChI is InChI=1S/C18H32O/c1-11-17(4,5)13-9-8-12-10-16(2,3)19-15(12)14(13)18(11,6)7/h11-15H,8-10H2,1-7H3/t11?,12-,13-,14+,15+/m1/s1. The minimum atomic E-state index is 0.107. The van der Waals surface area contributed by atoms with Gasteiger partial charge in [-0.15, -0.1) is 0 Å². The molecule has 0 bridgehead atoms. The second-order valence-electron chi connectivity index (χ2n) is 9.38. The van der Waals surface area contributed by atoms with Gasteiger partial charge in [-0.1, -0.05) is 34.6 Å². The molecule has 0 aromatic rings. The van der Waals surface area contributed by atoms with Gasteiger partial charge >= 0.3 is 0 Å². The van der Waals surface area contributed by atoms with Crippen LogP contribution in [0.4, 0.5) is 0 Å². The summed E-state index contributed by atoms with van der Waals surface area (Å²) < 4.78 is 6.54. The number of hydrogen-bond donors (Lipinski definition) is 0. The molecule has 1 heterocycles. The Morgan fingerprint density at radius 1 is 0.895 bits per heavy atom. The SMILES string of the molecule is CC1C(C)(C)[C@@H]2[C@H]3OC(C)(C)C[C@H]3CC[C@H]2C1(C)C. The molecule has 1 heteroatoms. The van der Waals surface area contributed by atoms with Gasteiger partial charge in [0.05, 0.1) is 11.7 Å². The fraction of sp³-hybridized carbons (Fsp3) is 1.00. The van der Waals surface area contributed by atoms with Gasteiger partial charge in [0, 0.05) is 0 Å². The molecule has 3 aliphatic rings. The van der Waals surface area contributed by atoms with Crippen molar-refractivity contribution in [1.29, 1.82) is 0 Å². The Morgan fingerprint density at radius 3 is 2.16 bits per heavy atom. The van der Waals surface area contributed by atoms with Crippen molar-refractivity contribution in [3.05, 3.63) is 0 Å². The molecule has 19 heavy (non-hydrogen) atoms. The maximum atomic E-state index is 6.54. The van der Waals surface area contributed by atoms with E-state index in [1.165, 1.54) is 19.3 Å². The number of ether oxygens (including phenoxy) is 1. The molecule has 2 aliphatic carbocycles. The zero-order valence-electron chi connectivity index (χ0n) is 13.9. The summed E-state index contributed by atoms with van der Waals surface area (Å²) in [7, 11) is 0. The van der Waals surface area contributed by atoms with Crippen LogP contribution in [0.3, 0.4) is 0 Å². The van der Waals surface area contributed by atoms with Crippen LogP contribution in [0.2, 0.25) is 0 Å². The summed E-state index contributed by atoms with van der Waals surface area (Å²) in [6.07, 6.45) is 4.60. The molecular weight excluding hydrogens is 232 g/mol. The molecule has 3 rings (SSSR count). The predicted octanol–water partition coefficient (Wildman–Crippen LogP) is 4.90. The number of fused-ring (bicyclic) bond motifs is 3. The first-order valence-electron chi connectivity index (χ1n) is 8.25. The third kappa shape index (κ3) is 1.76. The predicted molar refractivity (Wildman–Crippen MR) is 80.0 cm³/mol. The first-order valence-corrected chi connectivity index (χ1v) is 8.25. The van der Waals surface area contributed by atoms with E-state index in [1.54, 1.807) is 0 Å². The van der Waals surface area contributed by atoms with Crippen molar-refractivity contribution in [3.63, 3.8) is 0 Å². The second-order valence-corrected chi connectivity index (χ2v) is 9.38. The van der Waals surface area contributed by atoms with Gasteiger partial charge in [0.25, 0.3) is 0 Å². The summed E-state index contributed by atoms with van der Waals surface area (Å²) in [6.45, 7) is 17.1. The molecule has 1 aliphatic heterocycles. The molecule has 2 saturated carbocycles. The van der Waals surface area contributed by atoms with E-state index in [2.05, 4.69) is 48.5 Å². The molecule has 0 spiro atoms. The summed E-state index contributed by atoms with van der Waals surface area (Å²) >= 11 is 0. The van der Waals surface area contributed by atoms with Gasteiger partial charge in [0.1, 0.15) is 0 Å². The monoisotopic (exact) mass is 264 g/mol. The maximum absolute atomic E-state index is 6.54. The van der Waals surface area contributed by atoms with Gasteiger partial charge in [-0.05, 0) is 67.6 Å². The molecule has 0 radical (unpaired) electrons. The van der Waals surface area contributed by atoms with Crippen molar-refractivity contribution in [2.75, 3.05) is 0 Å². The zero-order valence-corrected chi connectivity index (χ0v) is 13.9. The van der Waals surface area contributed by atoms with Gasteiger partial charge in [0.2, 0.25) is 0 Å². The Hall–Kier alpha value is -0.0400. The summed E-state index contributed by atoms with van der Waals surface area (Å²) in [5, 5.41) is 0. The molecule has 0 N–H and O–H groups in total. The lowest BCUT2D eigenvalue weighted by molar-refractivity contribution is -0.0952. The first kappa shape index (κ1) is 13.9. The molecule has 1 saturated heterocycles. The molecular formula is C18H32O. The van der Waals surface area contributed by atoms with E-state index in [0.717, 1.165) is 23.7 Å². The van der Waals surface area contributed by atoms with E-state index >= 15 is 0 Å². The van der Waals surface area contributed by atoms with Crippen LogP contribution in [-0.4, -0.2) is 11.7 Å². The number of hydrogen-bond acceptors (Lipinski definition) is 1. The molecule has 110 valence electrons. The molecule has 5 atom stereocenters. The van der Waals surface area contributed by atoms with Crippen molar-refractivity contribution < 1.29 is 4.74 Å². The Bertz CT molecular complexity index is 379. The van der Waals surface area contributed by atoms with Crippen molar-refractivity contribution in [2.45, 2.75) is 79.4 Å². The normalized spacial score (nSPS) is 49.7. The molecule has 0 amide bonds. The van der Waals surface area contributed by atoms with E-state index in [1.807, 2.05) is 0 Å². The lowest BCUT2D eigenvalue weighted by Crippen LogP contribution is -2.42. The summed E-state index contributed by atoms with van der Waals surface area (Å²) in [4.78, 5) is 0. The third-order valence-electron chi connectivity index (χ3n) is 7.36. The molecule has 1 unspecified atom stereocenters. The third-order valence-corrected chi connectivity index (χ3v) is 7.36. The van der Waals surface area contributed by atoms with Crippen molar-refractivity contribution >= 4 is 0 Å². The summed E-state index contributed by atoms with van der Waals surface area (Å²) in [6, 6.07) is 0. The molecule has 0 aromatic heterocycles. The van der Waals surface area contributed by atoms with E-state index in [9.17, 15) is 0 Å². The van der Waals surface area contributed by atoms with E-state index < -0.39 is 0 Å². The van der Waals surface area contributed by atoms with Crippen molar-refractivity contribution in [2.24, 2.45) is 34.5 Å². The molecule has 0 aromatic carbocycles. The van der Waals surface area contributed by atoms with Gasteiger partial charge in [0.15, 0.2) is 0 Å². The van der Waals surface area contributed by atoms with Crippen LogP contribution in [0, 0.1) is 34.5 Å². The van der Waals surface area contributed by atoms with Crippen LogP contribution in [0.25, 0.3) is 0 Å². The average Bonchev–Trinajstić information content (AvgIpc) is 2.65. The van der Waals surface area contributed by atoms with Crippen LogP contribution < -0.4 is 0 Å². The van der Waals surface area contributed by atoms with Gasteiger partial charge in [-0.25, -0.2) is 0 Å². The fourth-order valence-electron chi connectivity index (χ4n) is 6.04. The Kier molecular flexibility index (Phi) is 2.77. The van der Waals surface area contributed by atoms with E-state index in [-0.39, 0.29) is 5.60 Å². The summed E-state index contributed by atoms with van der Waals surface area (Å²) in [5.74, 6) is 3.21.